The van der Waals surface area contributed by atoms with Crippen LogP contribution in [0.25, 0.3) is 0 Å². The fourth-order valence-corrected chi connectivity index (χ4v) is 1.96. The second-order valence-electron chi connectivity index (χ2n) is 4.31. The maximum Gasteiger partial charge on any atom is 0.141 e. The molecule has 0 aromatic rings. The average Bonchev–Trinajstić information content (AvgIpc) is 2.28. The molecule has 1 rings (SSSR count). The molecule has 0 spiro atoms. The van der Waals surface area contributed by atoms with Gasteiger partial charge in [0, 0.05) is 11.3 Å². The first-order valence-corrected chi connectivity index (χ1v) is 6.04. The Kier molecular flexibility index (Phi) is 4.93. The van der Waals surface area contributed by atoms with E-state index in [0.29, 0.717) is 0 Å². The highest BCUT2D eigenvalue weighted by Gasteiger charge is 2.31. The Morgan fingerprint density at radius 3 is 2.76 bits per heavy atom. The molecular weight excluding hydrogens is 212 g/mol. The van der Waals surface area contributed by atoms with E-state index >= 15 is 0 Å². The second kappa shape index (κ2) is 6.00. The number of hydrogen-bond donors (Lipinski definition) is 4. The van der Waals surface area contributed by atoms with E-state index in [-0.39, 0.29) is 12.0 Å². The lowest BCUT2D eigenvalue weighted by Crippen LogP contribution is -2.70. The Morgan fingerprint density at radius 1 is 1.53 bits per heavy atom. The molecule has 1 aliphatic rings. The van der Waals surface area contributed by atoms with Crippen LogP contribution in [0.2, 0.25) is 0 Å². The molecule has 4 N–H and O–H groups in total. The van der Waals surface area contributed by atoms with Crippen molar-refractivity contribution in [2.45, 2.75) is 32.7 Å². The van der Waals surface area contributed by atoms with Crippen LogP contribution in [0.5, 0.6) is 0 Å². The number of allylic oxidation sites excluding steroid dienone is 3. The van der Waals surface area contributed by atoms with Gasteiger partial charge in [-0.05, 0) is 27.4 Å². The van der Waals surface area contributed by atoms with Crippen LogP contribution in [0.15, 0.2) is 36.1 Å². The summed E-state index contributed by atoms with van der Waals surface area (Å²) in [6, 6.07) is 0. The summed E-state index contributed by atoms with van der Waals surface area (Å²) in [6.07, 6.45) is 5.95. The van der Waals surface area contributed by atoms with Gasteiger partial charge in [-0.15, -0.1) is 0 Å². The minimum atomic E-state index is -0.289. The molecule has 0 radical (unpaired) electrons. The van der Waals surface area contributed by atoms with Gasteiger partial charge < -0.3 is 5.32 Å². The smallest absolute Gasteiger partial charge is 0.141 e. The summed E-state index contributed by atoms with van der Waals surface area (Å²) in [5.41, 5.74) is 2.36. The topological polar surface area (TPSA) is 48.1 Å². The lowest BCUT2D eigenvalue weighted by molar-refractivity contribution is 0.207. The van der Waals surface area contributed by atoms with Crippen LogP contribution in [0.1, 0.15) is 20.8 Å². The van der Waals surface area contributed by atoms with E-state index in [1.807, 2.05) is 13.1 Å². The van der Waals surface area contributed by atoms with Gasteiger partial charge in [0.2, 0.25) is 0 Å². The van der Waals surface area contributed by atoms with Crippen LogP contribution < -0.4 is 21.3 Å². The van der Waals surface area contributed by atoms with Crippen molar-refractivity contribution in [1.29, 1.82) is 0 Å². The molecule has 0 aromatic carbocycles. The third-order valence-electron chi connectivity index (χ3n) is 2.93. The second-order valence-corrected chi connectivity index (χ2v) is 4.31. The zero-order valence-corrected chi connectivity index (χ0v) is 11.2. The highest BCUT2D eigenvalue weighted by Crippen LogP contribution is 2.16. The summed E-state index contributed by atoms with van der Waals surface area (Å²) in [5.74, 6) is -0.289. The average molecular weight is 236 g/mol. The zero-order valence-electron chi connectivity index (χ0n) is 11.2. The summed E-state index contributed by atoms with van der Waals surface area (Å²) >= 11 is 0. The van der Waals surface area contributed by atoms with E-state index in [9.17, 15) is 0 Å². The van der Waals surface area contributed by atoms with Gasteiger partial charge >= 0.3 is 0 Å². The normalized spacial score (nSPS) is 29.5. The zero-order chi connectivity index (χ0) is 12.9. The summed E-state index contributed by atoms with van der Waals surface area (Å²) in [6.45, 7) is 10.9. The molecule has 4 heteroatoms. The number of likely N-dealkylation sites (N-methyl/N-ethyl adjacent to an activating group) is 1. The quantitative estimate of drug-likeness (QED) is 0.538. The first-order chi connectivity index (χ1) is 8.06. The molecule has 17 heavy (non-hydrogen) atoms. The van der Waals surface area contributed by atoms with Crippen LogP contribution >= 0.6 is 0 Å². The van der Waals surface area contributed by atoms with E-state index in [2.05, 4.69) is 54.7 Å². The SMILES string of the molecule is C=C/C=C\C1=C(C)NC(C)(NC)NC1NCC. The number of nitrogens with one attached hydrogen (secondary N) is 4. The van der Waals surface area contributed by atoms with Crippen molar-refractivity contribution in [3.63, 3.8) is 0 Å². The van der Waals surface area contributed by atoms with E-state index < -0.39 is 0 Å². The van der Waals surface area contributed by atoms with Crippen LogP contribution in [-0.4, -0.2) is 25.5 Å². The molecule has 1 aliphatic heterocycles. The lowest BCUT2D eigenvalue weighted by Gasteiger charge is -2.42. The monoisotopic (exact) mass is 236 g/mol. The third-order valence-corrected chi connectivity index (χ3v) is 2.93. The molecule has 2 unspecified atom stereocenters. The minimum Gasteiger partial charge on any atom is -0.359 e. The molecule has 0 aliphatic carbocycles. The molecule has 0 bridgehead atoms. The lowest BCUT2D eigenvalue weighted by atomic mass is 10.1. The van der Waals surface area contributed by atoms with Crippen LogP contribution in [0, 0.1) is 0 Å². The molecule has 96 valence electrons. The van der Waals surface area contributed by atoms with Crippen molar-refractivity contribution in [2.75, 3.05) is 13.6 Å². The molecule has 0 aromatic heterocycles. The van der Waals surface area contributed by atoms with Crippen molar-refractivity contribution in [3.05, 3.63) is 36.1 Å². The van der Waals surface area contributed by atoms with E-state index in [1.165, 1.54) is 5.57 Å². The Balaban J connectivity index is 2.99. The van der Waals surface area contributed by atoms with Gasteiger partial charge in [-0.2, -0.15) is 0 Å². The Bertz CT molecular complexity index is 332. The van der Waals surface area contributed by atoms with E-state index in [1.54, 1.807) is 6.08 Å². The Hall–Kier alpha value is -1.10. The highest BCUT2D eigenvalue weighted by atomic mass is 15.4. The molecule has 0 saturated carbocycles. The van der Waals surface area contributed by atoms with Gasteiger partial charge in [-0.1, -0.05) is 31.7 Å². The van der Waals surface area contributed by atoms with Crippen molar-refractivity contribution < 1.29 is 0 Å². The van der Waals surface area contributed by atoms with E-state index in [0.717, 1.165) is 12.2 Å². The van der Waals surface area contributed by atoms with Crippen molar-refractivity contribution in [2.24, 2.45) is 0 Å². The maximum atomic E-state index is 3.70. The van der Waals surface area contributed by atoms with Crippen LogP contribution in [-0.2, 0) is 0 Å². The molecule has 2 atom stereocenters. The van der Waals surface area contributed by atoms with Crippen molar-refractivity contribution in [3.8, 4) is 0 Å². The fraction of sp³-hybridized carbons (Fsp3) is 0.538. The fourth-order valence-electron chi connectivity index (χ4n) is 1.96. The van der Waals surface area contributed by atoms with Gasteiger partial charge in [0.1, 0.15) is 5.79 Å². The molecule has 0 saturated heterocycles. The summed E-state index contributed by atoms with van der Waals surface area (Å²) in [4.78, 5) is 0. The summed E-state index contributed by atoms with van der Waals surface area (Å²) in [5, 5.41) is 13.6. The maximum absolute atomic E-state index is 3.70. The predicted octanol–water partition coefficient (Wildman–Crippen LogP) is 1.02. The first kappa shape index (κ1) is 14.0. The van der Waals surface area contributed by atoms with Gasteiger partial charge in [0.05, 0.1) is 6.17 Å². The predicted molar refractivity (Wildman–Crippen MR) is 73.2 cm³/mol. The van der Waals surface area contributed by atoms with Crippen molar-refractivity contribution in [1.82, 2.24) is 21.3 Å². The molecule has 1 heterocycles. The minimum absolute atomic E-state index is 0.134. The first-order valence-electron chi connectivity index (χ1n) is 6.04. The van der Waals surface area contributed by atoms with Gasteiger partial charge in [0.25, 0.3) is 0 Å². The molecule has 4 nitrogen and oxygen atoms in total. The van der Waals surface area contributed by atoms with Gasteiger partial charge in [-0.3, -0.25) is 16.0 Å². The highest BCUT2D eigenvalue weighted by molar-refractivity contribution is 5.33. The third kappa shape index (κ3) is 3.43. The summed E-state index contributed by atoms with van der Waals surface area (Å²) < 4.78 is 0. The van der Waals surface area contributed by atoms with E-state index in [4.69, 9.17) is 0 Å². The van der Waals surface area contributed by atoms with Gasteiger partial charge in [0.15, 0.2) is 0 Å². The molecular formula is C13H24N4. The summed E-state index contributed by atoms with van der Waals surface area (Å²) in [7, 11) is 1.93. The standard InChI is InChI=1S/C13H24N4/c1-6-8-9-11-10(3)16-13(4,14-5)17-12(11)15-7-2/h6,8-9,12,14-17H,1,7H2,2-5H3/b9-8-. The number of rotatable bonds is 5. The van der Waals surface area contributed by atoms with Gasteiger partial charge in [-0.25, -0.2) is 0 Å². The Labute approximate surface area is 104 Å². The van der Waals surface area contributed by atoms with Crippen molar-refractivity contribution >= 4 is 0 Å². The number of hydrogen-bond acceptors (Lipinski definition) is 4. The Morgan fingerprint density at radius 2 is 2.24 bits per heavy atom. The van der Waals surface area contributed by atoms with Crippen LogP contribution in [0.4, 0.5) is 0 Å². The molecule has 0 amide bonds. The van der Waals surface area contributed by atoms with Crippen LogP contribution in [0.3, 0.4) is 0 Å². The largest absolute Gasteiger partial charge is 0.359 e. The molecule has 0 fully saturated rings.